The van der Waals surface area contributed by atoms with Gasteiger partial charge < -0.3 is 15.1 Å². The predicted molar refractivity (Wildman–Crippen MR) is 114 cm³/mol. The van der Waals surface area contributed by atoms with E-state index < -0.39 is 16.9 Å². The van der Waals surface area contributed by atoms with Gasteiger partial charge in [-0.25, -0.2) is 0 Å². The molecule has 0 saturated carbocycles. The summed E-state index contributed by atoms with van der Waals surface area (Å²) in [6, 6.07) is 10.6. The van der Waals surface area contributed by atoms with Gasteiger partial charge in [-0.15, -0.1) is 0 Å². The fourth-order valence-electron chi connectivity index (χ4n) is 3.32. The summed E-state index contributed by atoms with van der Waals surface area (Å²) in [6.45, 7) is 1.51. The monoisotopic (exact) mass is 474 g/mol. The zero-order chi connectivity index (χ0) is 22.0. The molecule has 1 heterocycles. The fraction of sp³-hybridized carbons (Fsp3) is 0.250. The number of hydrogen-bond acceptors (Lipinski definition) is 5. The number of fused-ring (bicyclic) bond motifs is 1. The SMILES string of the molecule is C[C@H]1CC(=O)Nc2ccccc2N1C(=O)CN(C)C(=O)c1ccc(Br)c([N+](=O)[O-])c1. The van der Waals surface area contributed by atoms with E-state index in [0.29, 0.717) is 11.4 Å². The third-order valence-corrected chi connectivity index (χ3v) is 5.41. The highest BCUT2D eigenvalue weighted by Crippen LogP contribution is 2.31. The molecule has 9 nitrogen and oxygen atoms in total. The number of rotatable bonds is 4. The molecule has 1 atom stereocenters. The van der Waals surface area contributed by atoms with Crippen LogP contribution in [0.25, 0.3) is 0 Å². The Balaban J connectivity index is 1.83. The molecule has 2 aromatic rings. The zero-order valence-electron chi connectivity index (χ0n) is 16.3. The van der Waals surface area contributed by atoms with Crippen LogP contribution in [0.2, 0.25) is 0 Å². The predicted octanol–water partition coefficient (Wildman–Crippen LogP) is 3.19. The van der Waals surface area contributed by atoms with Crippen LogP contribution in [0.3, 0.4) is 0 Å². The first kappa shape index (κ1) is 21.4. The number of nitro groups is 1. The van der Waals surface area contributed by atoms with Crippen molar-refractivity contribution in [3.63, 3.8) is 0 Å². The first-order valence-electron chi connectivity index (χ1n) is 9.09. The molecular weight excluding hydrogens is 456 g/mol. The second kappa shape index (κ2) is 8.62. The molecule has 3 amide bonds. The molecule has 0 bridgehead atoms. The number of halogens is 1. The Hall–Kier alpha value is -3.27. The number of carbonyl (C=O) groups excluding carboxylic acids is 3. The van der Waals surface area contributed by atoms with Crippen molar-refractivity contribution in [2.45, 2.75) is 19.4 Å². The lowest BCUT2D eigenvalue weighted by molar-refractivity contribution is -0.385. The summed E-state index contributed by atoms with van der Waals surface area (Å²) in [5, 5.41) is 13.9. The van der Waals surface area contributed by atoms with E-state index in [0.717, 1.165) is 0 Å². The summed E-state index contributed by atoms with van der Waals surface area (Å²) >= 11 is 3.08. The molecule has 0 saturated heterocycles. The van der Waals surface area contributed by atoms with Crippen LogP contribution in [0.1, 0.15) is 23.7 Å². The van der Waals surface area contributed by atoms with E-state index in [1.807, 2.05) is 0 Å². The maximum Gasteiger partial charge on any atom is 0.284 e. The van der Waals surface area contributed by atoms with Crippen molar-refractivity contribution < 1.29 is 19.3 Å². The van der Waals surface area contributed by atoms with Gasteiger partial charge in [0, 0.05) is 31.1 Å². The van der Waals surface area contributed by atoms with Gasteiger partial charge in [-0.3, -0.25) is 24.5 Å². The summed E-state index contributed by atoms with van der Waals surface area (Å²) in [6.07, 6.45) is 0.122. The van der Waals surface area contributed by atoms with Crippen LogP contribution in [0, 0.1) is 10.1 Å². The van der Waals surface area contributed by atoms with E-state index in [-0.39, 0.29) is 40.5 Å². The summed E-state index contributed by atoms with van der Waals surface area (Å²) in [5.74, 6) is -1.09. The number of para-hydroxylation sites is 2. The second-order valence-electron chi connectivity index (χ2n) is 6.97. The van der Waals surface area contributed by atoms with Crippen molar-refractivity contribution in [3.8, 4) is 0 Å². The topological polar surface area (TPSA) is 113 Å². The van der Waals surface area contributed by atoms with Crippen molar-refractivity contribution >= 4 is 50.7 Å². The molecule has 0 aliphatic carbocycles. The number of nitrogens with one attached hydrogen (secondary N) is 1. The van der Waals surface area contributed by atoms with Gasteiger partial charge in [0.25, 0.3) is 11.6 Å². The van der Waals surface area contributed by atoms with Gasteiger partial charge in [-0.2, -0.15) is 0 Å². The highest BCUT2D eigenvalue weighted by Gasteiger charge is 2.31. The molecule has 30 heavy (non-hydrogen) atoms. The van der Waals surface area contributed by atoms with E-state index in [2.05, 4.69) is 21.2 Å². The summed E-state index contributed by atoms with van der Waals surface area (Å²) in [5.41, 5.74) is 0.945. The van der Waals surface area contributed by atoms with Gasteiger partial charge in [-0.05, 0) is 47.1 Å². The molecule has 0 unspecified atom stereocenters. The Labute approximate surface area is 180 Å². The number of benzene rings is 2. The lowest BCUT2D eigenvalue weighted by Crippen LogP contribution is -2.45. The third-order valence-electron chi connectivity index (χ3n) is 4.74. The highest BCUT2D eigenvalue weighted by molar-refractivity contribution is 9.10. The Morgan fingerprint density at radius 1 is 1.30 bits per heavy atom. The Kier molecular flexibility index (Phi) is 6.16. The number of anilines is 2. The smallest absolute Gasteiger partial charge is 0.284 e. The summed E-state index contributed by atoms with van der Waals surface area (Å²) in [7, 11) is 1.45. The van der Waals surface area contributed by atoms with Gasteiger partial charge >= 0.3 is 0 Å². The average Bonchev–Trinajstić information content (AvgIpc) is 2.81. The molecule has 1 N–H and O–H groups in total. The molecular formula is C20H19BrN4O5. The van der Waals surface area contributed by atoms with Crippen molar-refractivity contribution in [2.24, 2.45) is 0 Å². The van der Waals surface area contributed by atoms with Crippen LogP contribution < -0.4 is 10.2 Å². The zero-order valence-corrected chi connectivity index (χ0v) is 17.9. The fourth-order valence-corrected chi connectivity index (χ4v) is 3.72. The van der Waals surface area contributed by atoms with E-state index in [1.54, 1.807) is 31.2 Å². The first-order valence-corrected chi connectivity index (χ1v) is 9.88. The number of nitro benzene ring substituents is 1. The Morgan fingerprint density at radius 2 is 2.00 bits per heavy atom. The molecule has 0 aromatic heterocycles. The van der Waals surface area contributed by atoms with Gasteiger partial charge in [0.1, 0.15) is 6.54 Å². The average molecular weight is 475 g/mol. The van der Waals surface area contributed by atoms with Crippen molar-refractivity contribution in [1.29, 1.82) is 0 Å². The largest absolute Gasteiger partial charge is 0.332 e. The minimum Gasteiger partial charge on any atom is -0.332 e. The summed E-state index contributed by atoms with van der Waals surface area (Å²) < 4.78 is 0.259. The number of amides is 3. The lowest BCUT2D eigenvalue weighted by atomic mass is 10.1. The molecule has 0 fully saturated rings. The molecule has 0 spiro atoms. The molecule has 3 rings (SSSR count). The van der Waals surface area contributed by atoms with Crippen LogP contribution in [-0.4, -0.2) is 47.2 Å². The molecule has 0 radical (unpaired) electrons. The van der Waals surface area contributed by atoms with Gasteiger partial charge in [0.05, 0.1) is 20.8 Å². The van der Waals surface area contributed by atoms with E-state index in [1.165, 1.54) is 35.0 Å². The van der Waals surface area contributed by atoms with Crippen LogP contribution in [0.5, 0.6) is 0 Å². The van der Waals surface area contributed by atoms with Crippen LogP contribution in [0.4, 0.5) is 17.1 Å². The second-order valence-corrected chi connectivity index (χ2v) is 7.82. The third kappa shape index (κ3) is 4.33. The van der Waals surface area contributed by atoms with Crippen LogP contribution in [-0.2, 0) is 9.59 Å². The van der Waals surface area contributed by atoms with Crippen molar-refractivity contribution in [2.75, 3.05) is 23.8 Å². The first-order chi connectivity index (χ1) is 14.2. The quantitative estimate of drug-likeness (QED) is 0.539. The van der Waals surface area contributed by atoms with E-state index in [4.69, 9.17) is 0 Å². The minimum absolute atomic E-state index is 0.0985. The Morgan fingerprint density at radius 3 is 2.70 bits per heavy atom. The normalized spacial score (nSPS) is 15.6. The number of carbonyl (C=O) groups is 3. The lowest BCUT2D eigenvalue weighted by Gasteiger charge is -2.29. The van der Waals surface area contributed by atoms with Gasteiger partial charge in [0.2, 0.25) is 11.8 Å². The number of nitrogens with zero attached hydrogens (tertiary/aromatic N) is 3. The number of hydrogen-bond donors (Lipinski definition) is 1. The maximum atomic E-state index is 13.1. The standard InChI is InChI=1S/C20H19BrN4O5/c1-12-9-18(26)22-15-5-3-4-6-16(15)24(12)19(27)11-23(2)20(28)13-7-8-14(21)17(10-13)25(29)30/h3-8,10,12H,9,11H2,1-2H3,(H,22,26)/t12-/m0/s1. The molecule has 1 aliphatic rings. The molecule has 10 heteroatoms. The van der Waals surface area contributed by atoms with Crippen molar-refractivity contribution in [1.82, 2.24) is 4.90 Å². The van der Waals surface area contributed by atoms with Gasteiger partial charge in [-0.1, -0.05) is 12.1 Å². The van der Waals surface area contributed by atoms with Crippen LogP contribution in [0.15, 0.2) is 46.9 Å². The summed E-state index contributed by atoms with van der Waals surface area (Å²) in [4.78, 5) is 51.1. The molecule has 1 aliphatic heterocycles. The van der Waals surface area contributed by atoms with Gasteiger partial charge in [0.15, 0.2) is 0 Å². The van der Waals surface area contributed by atoms with Crippen LogP contribution >= 0.6 is 15.9 Å². The maximum absolute atomic E-state index is 13.1. The molecule has 156 valence electrons. The molecule has 2 aromatic carbocycles. The Bertz CT molecular complexity index is 1040. The number of likely N-dealkylation sites (N-methyl/N-ethyl adjacent to an activating group) is 1. The van der Waals surface area contributed by atoms with Crippen molar-refractivity contribution in [3.05, 3.63) is 62.6 Å². The highest BCUT2D eigenvalue weighted by atomic mass is 79.9. The minimum atomic E-state index is -0.591. The van der Waals surface area contributed by atoms with E-state index in [9.17, 15) is 24.5 Å². The van der Waals surface area contributed by atoms with E-state index >= 15 is 0 Å².